The summed E-state index contributed by atoms with van der Waals surface area (Å²) in [6.07, 6.45) is 2.94. The van der Waals surface area contributed by atoms with Crippen LogP contribution in [-0.4, -0.2) is 35.9 Å². The Morgan fingerprint density at radius 1 is 0.857 bits per heavy atom. The number of nitrogens with one attached hydrogen (secondary N) is 2. The normalized spacial score (nSPS) is 11.6. The highest BCUT2D eigenvalue weighted by Gasteiger charge is 2.14. The molecule has 0 saturated carbocycles. The average Bonchev–Trinajstić information content (AvgIpc) is 2.74. The fraction of sp³-hybridized carbons (Fsp3) is 0.364. The van der Waals surface area contributed by atoms with E-state index in [9.17, 15) is 9.59 Å². The van der Waals surface area contributed by atoms with E-state index >= 15 is 0 Å². The van der Waals surface area contributed by atoms with Gasteiger partial charge >= 0.3 is 0 Å². The summed E-state index contributed by atoms with van der Waals surface area (Å²) in [5, 5.41) is 6.03. The first-order valence-corrected chi connectivity index (χ1v) is 11.6. The van der Waals surface area contributed by atoms with E-state index in [0.29, 0.717) is 18.1 Å². The van der Waals surface area contributed by atoms with Crippen molar-refractivity contribution in [3.8, 4) is 0 Å². The maximum atomic E-state index is 12.3. The molecule has 0 aliphatic rings. The number of hydrogen-bond donors (Lipinski definition) is 2. The number of rotatable bonds is 12. The minimum absolute atomic E-state index is 0.00265. The molecule has 2 aromatic carbocycles. The Morgan fingerprint density at radius 2 is 1.39 bits per heavy atom. The Kier molecular flexibility index (Phi) is 10.6. The van der Waals surface area contributed by atoms with Gasteiger partial charge in [0.2, 0.25) is 11.8 Å². The van der Waals surface area contributed by atoms with E-state index in [1.165, 1.54) is 23.5 Å². The van der Waals surface area contributed by atoms with Crippen LogP contribution in [-0.2, 0) is 9.59 Å². The van der Waals surface area contributed by atoms with Crippen molar-refractivity contribution in [2.24, 2.45) is 0 Å². The number of carbonyl (C=O) groups is 2. The lowest BCUT2D eigenvalue weighted by atomic mass is 10.1. The van der Waals surface area contributed by atoms with E-state index in [0.717, 1.165) is 29.1 Å². The molecule has 150 valence electrons. The molecule has 0 unspecified atom stereocenters. The van der Waals surface area contributed by atoms with E-state index in [4.69, 9.17) is 0 Å². The van der Waals surface area contributed by atoms with Gasteiger partial charge in [0.15, 0.2) is 0 Å². The summed E-state index contributed by atoms with van der Waals surface area (Å²) in [4.78, 5) is 26.6. The Bertz CT molecular complexity index is 711. The smallest absolute Gasteiger partial charge is 0.230 e. The fourth-order valence-electron chi connectivity index (χ4n) is 2.56. The summed E-state index contributed by atoms with van der Waals surface area (Å²) >= 11 is 3.04. The molecule has 0 radical (unpaired) electrons. The lowest BCUT2D eigenvalue weighted by Crippen LogP contribution is -2.44. The number of hydrogen-bond acceptors (Lipinski definition) is 4. The molecule has 6 heteroatoms. The summed E-state index contributed by atoms with van der Waals surface area (Å²) < 4.78 is 0. The molecule has 1 atom stereocenters. The number of unbranched alkanes of at least 4 members (excludes halogenated alkanes) is 1. The van der Waals surface area contributed by atoms with Crippen molar-refractivity contribution in [1.82, 2.24) is 10.6 Å². The molecule has 0 bridgehead atoms. The van der Waals surface area contributed by atoms with Crippen LogP contribution in [0.2, 0.25) is 0 Å². The topological polar surface area (TPSA) is 58.2 Å². The van der Waals surface area contributed by atoms with Crippen LogP contribution in [0.4, 0.5) is 0 Å². The summed E-state index contributed by atoms with van der Waals surface area (Å²) in [5.74, 6) is 0.748. The second-order valence-electron chi connectivity index (χ2n) is 6.41. The Morgan fingerprint density at radius 3 is 1.93 bits per heavy atom. The Hall–Kier alpha value is -1.92. The van der Waals surface area contributed by atoms with Gasteiger partial charge in [0, 0.05) is 22.4 Å². The van der Waals surface area contributed by atoms with Gasteiger partial charge in [0.05, 0.1) is 11.5 Å². The highest BCUT2D eigenvalue weighted by Crippen LogP contribution is 2.17. The molecular formula is C22H28N2O2S2. The van der Waals surface area contributed by atoms with E-state index in [-0.39, 0.29) is 17.9 Å². The van der Waals surface area contributed by atoms with Crippen LogP contribution in [0.1, 0.15) is 26.2 Å². The fourth-order valence-corrected chi connectivity index (χ4v) is 4.04. The molecule has 0 fully saturated rings. The largest absolute Gasteiger partial charge is 0.353 e. The average molecular weight is 417 g/mol. The third-order valence-corrected chi connectivity index (χ3v) is 6.07. The van der Waals surface area contributed by atoms with Crippen molar-refractivity contribution >= 4 is 35.3 Å². The van der Waals surface area contributed by atoms with Gasteiger partial charge in [-0.1, -0.05) is 56.2 Å². The number of thioether (sulfide) groups is 2. The molecule has 28 heavy (non-hydrogen) atoms. The van der Waals surface area contributed by atoms with Gasteiger partial charge in [-0.2, -0.15) is 0 Å². The molecule has 2 amide bonds. The zero-order valence-electron chi connectivity index (χ0n) is 16.2. The molecule has 0 heterocycles. The monoisotopic (exact) mass is 416 g/mol. The van der Waals surface area contributed by atoms with Gasteiger partial charge in [-0.25, -0.2) is 0 Å². The molecule has 2 N–H and O–H groups in total. The zero-order chi connectivity index (χ0) is 20.0. The predicted octanol–water partition coefficient (Wildman–Crippen LogP) is 4.36. The minimum Gasteiger partial charge on any atom is -0.353 e. The first-order chi connectivity index (χ1) is 13.7. The molecule has 0 aliphatic heterocycles. The molecule has 0 aliphatic carbocycles. The zero-order valence-corrected chi connectivity index (χ0v) is 17.9. The Balaban J connectivity index is 1.73. The predicted molar refractivity (Wildman–Crippen MR) is 119 cm³/mol. The summed E-state index contributed by atoms with van der Waals surface area (Å²) in [6.45, 7) is 2.59. The Labute approximate surface area is 176 Å². The summed E-state index contributed by atoms with van der Waals surface area (Å²) in [5.41, 5.74) is 0. The van der Waals surface area contributed by atoms with E-state index in [1.807, 2.05) is 60.7 Å². The van der Waals surface area contributed by atoms with Crippen LogP contribution in [0.5, 0.6) is 0 Å². The van der Waals surface area contributed by atoms with Crippen molar-refractivity contribution < 1.29 is 9.59 Å². The highest BCUT2D eigenvalue weighted by molar-refractivity contribution is 8.00. The van der Waals surface area contributed by atoms with Crippen LogP contribution in [0.3, 0.4) is 0 Å². The van der Waals surface area contributed by atoms with Gasteiger partial charge in [-0.3, -0.25) is 9.59 Å². The van der Waals surface area contributed by atoms with Crippen molar-refractivity contribution in [2.75, 3.05) is 18.1 Å². The van der Waals surface area contributed by atoms with Gasteiger partial charge in [-0.15, -0.1) is 23.5 Å². The highest BCUT2D eigenvalue weighted by atomic mass is 32.2. The van der Waals surface area contributed by atoms with Crippen molar-refractivity contribution in [1.29, 1.82) is 0 Å². The van der Waals surface area contributed by atoms with Crippen LogP contribution in [0, 0.1) is 0 Å². The standard InChI is InChI=1S/C22H28N2O2S2/c1-2-3-10-18(24-22(26)17-28-20-13-8-5-9-14-20)15-23-21(25)16-27-19-11-6-4-7-12-19/h4-9,11-14,18H,2-3,10,15-17H2,1H3,(H,23,25)(H,24,26)/t18-/m1/s1. The molecule has 2 aromatic rings. The van der Waals surface area contributed by atoms with Crippen LogP contribution < -0.4 is 10.6 Å². The quantitative estimate of drug-likeness (QED) is 0.505. The SMILES string of the molecule is CCCC[C@H](CNC(=O)CSc1ccccc1)NC(=O)CSc1ccccc1. The maximum Gasteiger partial charge on any atom is 0.230 e. The van der Waals surface area contributed by atoms with Gasteiger partial charge < -0.3 is 10.6 Å². The number of amides is 2. The molecular weight excluding hydrogens is 388 g/mol. The molecule has 2 rings (SSSR count). The van der Waals surface area contributed by atoms with E-state index in [1.54, 1.807) is 0 Å². The third-order valence-electron chi connectivity index (χ3n) is 4.04. The minimum atomic E-state index is -0.0329. The molecule has 4 nitrogen and oxygen atoms in total. The van der Waals surface area contributed by atoms with Gasteiger partial charge in [-0.05, 0) is 30.7 Å². The molecule has 0 saturated heterocycles. The van der Waals surface area contributed by atoms with E-state index < -0.39 is 0 Å². The van der Waals surface area contributed by atoms with Crippen molar-refractivity contribution in [2.45, 2.75) is 42.0 Å². The van der Waals surface area contributed by atoms with Gasteiger partial charge in [0.1, 0.15) is 0 Å². The maximum absolute atomic E-state index is 12.3. The lowest BCUT2D eigenvalue weighted by molar-refractivity contribution is -0.121. The molecule has 0 spiro atoms. The summed E-state index contributed by atoms with van der Waals surface area (Å²) in [7, 11) is 0. The van der Waals surface area contributed by atoms with Gasteiger partial charge in [0.25, 0.3) is 0 Å². The summed E-state index contributed by atoms with van der Waals surface area (Å²) in [6, 6.07) is 19.7. The number of benzene rings is 2. The van der Waals surface area contributed by atoms with Crippen molar-refractivity contribution in [3.63, 3.8) is 0 Å². The van der Waals surface area contributed by atoms with Crippen LogP contribution in [0.15, 0.2) is 70.5 Å². The lowest BCUT2D eigenvalue weighted by Gasteiger charge is -2.19. The van der Waals surface area contributed by atoms with Crippen molar-refractivity contribution in [3.05, 3.63) is 60.7 Å². The van der Waals surface area contributed by atoms with E-state index in [2.05, 4.69) is 17.6 Å². The first-order valence-electron chi connectivity index (χ1n) is 9.59. The van der Waals surface area contributed by atoms with Crippen LogP contribution >= 0.6 is 23.5 Å². The second-order valence-corrected chi connectivity index (χ2v) is 8.51. The third kappa shape index (κ3) is 9.33. The molecule has 0 aromatic heterocycles. The first kappa shape index (κ1) is 22.4. The second kappa shape index (κ2) is 13.3. The number of carbonyl (C=O) groups excluding carboxylic acids is 2. The van der Waals surface area contributed by atoms with Crippen LogP contribution in [0.25, 0.3) is 0 Å².